The van der Waals surface area contributed by atoms with Crippen molar-refractivity contribution in [3.05, 3.63) is 29.3 Å². The van der Waals surface area contributed by atoms with Crippen LogP contribution in [0.1, 0.15) is 50.1 Å². The molecule has 1 saturated heterocycles. The topological polar surface area (TPSA) is 73.8 Å². The van der Waals surface area contributed by atoms with Gasteiger partial charge in [-0.05, 0) is 31.9 Å². The Labute approximate surface area is 174 Å². The van der Waals surface area contributed by atoms with Crippen molar-refractivity contribution in [2.24, 2.45) is 0 Å². The zero-order valence-electron chi connectivity index (χ0n) is 17.1. The number of carbonyl (C=O) groups is 3. The lowest BCUT2D eigenvalue weighted by atomic mass is 9.81. The zero-order valence-corrected chi connectivity index (χ0v) is 17.9. The van der Waals surface area contributed by atoms with Crippen LogP contribution >= 0.6 is 11.3 Å². The SMILES string of the molecule is C[C@H](c1nc2ccccc2s1)N(C)C(=O)CN1C(=O)N(C)C2(CCCCC2)C1=O. The highest BCUT2D eigenvalue weighted by molar-refractivity contribution is 7.18. The molecule has 0 unspecified atom stereocenters. The van der Waals surface area contributed by atoms with Gasteiger partial charge in [0.25, 0.3) is 5.91 Å². The Kier molecular flexibility index (Phi) is 5.06. The molecule has 4 amide bonds. The number of benzene rings is 1. The number of urea groups is 1. The Morgan fingerprint density at radius 3 is 2.62 bits per heavy atom. The van der Waals surface area contributed by atoms with Crippen molar-refractivity contribution >= 4 is 39.4 Å². The van der Waals surface area contributed by atoms with Gasteiger partial charge in [-0.15, -0.1) is 11.3 Å². The summed E-state index contributed by atoms with van der Waals surface area (Å²) in [4.78, 5) is 47.7. The molecule has 1 saturated carbocycles. The van der Waals surface area contributed by atoms with E-state index in [-0.39, 0.29) is 30.4 Å². The number of imide groups is 1. The Morgan fingerprint density at radius 2 is 1.93 bits per heavy atom. The largest absolute Gasteiger partial charge is 0.335 e. The van der Waals surface area contributed by atoms with Crippen molar-refractivity contribution in [1.82, 2.24) is 19.7 Å². The number of fused-ring (bicyclic) bond motifs is 1. The summed E-state index contributed by atoms with van der Waals surface area (Å²) in [5, 5.41) is 0.835. The molecule has 0 radical (unpaired) electrons. The number of carbonyl (C=O) groups excluding carboxylic acids is 3. The Balaban J connectivity index is 1.49. The molecule has 2 aromatic rings. The van der Waals surface area contributed by atoms with Crippen molar-refractivity contribution in [3.8, 4) is 0 Å². The lowest BCUT2D eigenvalue weighted by Gasteiger charge is -2.35. The van der Waals surface area contributed by atoms with E-state index in [1.807, 2.05) is 31.2 Å². The molecule has 29 heavy (non-hydrogen) atoms. The molecule has 0 bridgehead atoms. The monoisotopic (exact) mass is 414 g/mol. The molecule has 1 atom stereocenters. The highest BCUT2D eigenvalue weighted by Gasteiger charge is 2.56. The lowest BCUT2D eigenvalue weighted by molar-refractivity contribution is -0.140. The first-order chi connectivity index (χ1) is 13.8. The third kappa shape index (κ3) is 3.19. The molecule has 1 aromatic carbocycles. The summed E-state index contributed by atoms with van der Waals surface area (Å²) >= 11 is 1.55. The van der Waals surface area contributed by atoms with Crippen LogP contribution in [0.25, 0.3) is 10.2 Å². The third-order valence-corrected chi connectivity index (χ3v) is 7.63. The van der Waals surface area contributed by atoms with Gasteiger partial charge in [0, 0.05) is 14.1 Å². The number of amides is 4. The van der Waals surface area contributed by atoms with Crippen LogP contribution in [0, 0.1) is 0 Å². The summed E-state index contributed by atoms with van der Waals surface area (Å²) in [7, 11) is 3.38. The smallest absolute Gasteiger partial charge is 0.327 e. The van der Waals surface area contributed by atoms with Crippen LogP contribution < -0.4 is 0 Å². The van der Waals surface area contributed by atoms with Crippen molar-refractivity contribution in [2.45, 2.75) is 50.6 Å². The van der Waals surface area contributed by atoms with Gasteiger partial charge in [-0.3, -0.25) is 14.5 Å². The van der Waals surface area contributed by atoms with Crippen LogP contribution in [-0.4, -0.2) is 63.7 Å². The highest BCUT2D eigenvalue weighted by Crippen LogP contribution is 2.39. The molecule has 0 N–H and O–H groups in total. The van der Waals surface area contributed by atoms with Crippen molar-refractivity contribution in [1.29, 1.82) is 0 Å². The zero-order chi connectivity index (χ0) is 20.8. The van der Waals surface area contributed by atoms with E-state index in [1.54, 1.807) is 35.2 Å². The highest BCUT2D eigenvalue weighted by atomic mass is 32.1. The summed E-state index contributed by atoms with van der Waals surface area (Å²) in [6.45, 7) is 1.69. The number of hydrogen-bond donors (Lipinski definition) is 0. The van der Waals surface area contributed by atoms with Gasteiger partial charge in [-0.1, -0.05) is 31.4 Å². The predicted octanol–water partition coefficient (Wildman–Crippen LogP) is 3.41. The van der Waals surface area contributed by atoms with Gasteiger partial charge < -0.3 is 9.80 Å². The predicted molar refractivity (Wildman–Crippen MR) is 111 cm³/mol. The molecule has 7 nitrogen and oxygen atoms in total. The molecular formula is C21H26N4O3S. The van der Waals surface area contributed by atoms with E-state index in [1.165, 1.54) is 0 Å². The second kappa shape index (κ2) is 7.40. The van der Waals surface area contributed by atoms with Crippen molar-refractivity contribution in [2.75, 3.05) is 20.6 Å². The fourth-order valence-corrected chi connectivity index (χ4v) is 5.43. The second-order valence-electron chi connectivity index (χ2n) is 8.03. The van der Waals surface area contributed by atoms with Gasteiger partial charge in [0.1, 0.15) is 17.1 Å². The first-order valence-corrected chi connectivity index (χ1v) is 10.9. The molecule has 1 aliphatic heterocycles. The maximum Gasteiger partial charge on any atom is 0.327 e. The number of likely N-dealkylation sites (N-methyl/N-ethyl adjacent to an activating group) is 2. The normalized spacial score (nSPS) is 20.0. The molecule has 154 valence electrons. The number of rotatable bonds is 4. The summed E-state index contributed by atoms with van der Waals surface area (Å²) in [6, 6.07) is 7.25. The van der Waals surface area contributed by atoms with Crippen LogP contribution in [0.15, 0.2) is 24.3 Å². The summed E-state index contributed by atoms with van der Waals surface area (Å²) in [5.74, 6) is -0.487. The average molecular weight is 415 g/mol. The molecular weight excluding hydrogens is 388 g/mol. The number of aromatic nitrogens is 1. The standard InChI is InChI=1S/C21H26N4O3S/c1-14(18-22-15-9-5-6-10-16(15)29-18)23(2)17(26)13-25-19(27)21(24(3)20(25)28)11-7-4-8-12-21/h5-6,9-10,14H,4,7-8,11-13H2,1-3H3/t14-/m1/s1. The Morgan fingerprint density at radius 1 is 1.24 bits per heavy atom. The minimum absolute atomic E-state index is 0.223. The van der Waals surface area contributed by atoms with Gasteiger partial charge in [-0.25, -0.2) is 9.78 Å². The van der Waals surface area contributed by atoms with Gasteiger partial charge in [0.15, 0.2) is 0 Å². The first kappa shape index (κ1) is 19.8. The third-order valence-electron chi connectivity index (χ3n) is 6.42. The molecule has 2 heterocycles. The van der Waals surface area contributed by atoms with Gasteiger partial charge in [0.2, 0.25) is 5.91 Å². The van der Waals surface area contributed by atoms with E-state index in [2.05, 4.69) is 4.98 Å². The molecule has 1 aliphatic carbocycles. The van der Waals surface area contributed by atoms with Crippen LogP contribution in [0.3, 0.4) is 0 Å². The fraction of sp³-hybridized carbons (Fsp3) is 0.524. The van der Waals surface area contributed by atoms with Crippen molar-refractivity contribution in [3.63, 3.8) is 0 Å². The van der Waals surface area contributed by atoms with Gasteiger partial charge in [0.05, 0.1) is 16.3 Å². The number of thiazole rings is 1. The van der Waals surface area contributed by atoms with E-state index in [0.717, 1.165) is 39.4 Å². The van der Waals surface area contributed by atoms with Crippen molar-refractivity contribution < 1.29 is 14.4 Å². The molecule has 2 aliphatic rings. The van der Waals surface area contributed by atoms with Crippen LogP contribution in [0.5, 0.6) is 0 Å². The number of nitrogens with zero attached hydrogens (tertiary/aromatic N) is 4. The lowest BCUT2D eigenvalue weighted by Crippen LogP contribution is -2.49. The molecule has 8 heteroatoms. The second-order valence-corrected chi connectivity index (χ2v) is 9.09. The summed E-state index contributed by atoms with van der Waals surface area (Å²) in [6.07, 6.45) is 4.30. The molecule has 1 spiro atoms. The Bertz CT molecular complexity index is 933. The van der Waals surface area contributed by atoms with Crippen LogP contribution in [0.2, 0.25) is 0 Å². The quantitative estimate of drug-likeness (QED) is 0.719. The minimum Gasteiger partial charge on any atom is -0.335 e. The van der Waals surface area contributed by atoms with Crippen LogP contribution in [0.4, 0.5) is 4.79 Å². The minimum atomic E-state index is -0.757. The van der Waals surface area contributed by atoms with E-state index < -0.39 is 5.54 Å². The fourth-order valence-electron chi connectivity index (χ4n) is 4.37. The van der Waals surface area contributed by atoms with Gasteiger partial charge >= 0.3 is 6.03 Å². The van der Waals surface area contributed by atoms with E-state index >= 15 is 0 Å². The number of hydrogen-bond acceptors (Lipinski definition) is 5. The maximum absolute atomic E-state index is 13.1. The van der Waals surface area contributed by atoms with Crippen LogP contribution in [-0.2, 0) is 9.59 Å². The van der Waals surface area contributed by atoms with E-state index in [4.69, 9.17) is 0 Å². The average Bonchev–Trinajstić information content (AvgIpc) is 3.24. The Hall–Kier alpha value is -2.48. The number of para-hydroxylation sites is 1. The van der Waals surface area contributed by atoms with Gasteiger partial charge in [-0.2, -0.15) is 0 Å². The molecule has 1 aromatic heterocycles. The maximum atomic E-state index is 13.1. The molecule has 2 fully saturated rings. The van der Waals surface area contributed by atoms with E-state index in [0.29, 0.717) is 12.8 Å². The molecule has 4 rings (SSSR count). The first-order valence-electron chi connectivity index (χ1n) is 10.1. The summed E-state index contributed by atoms with van der Waals surface area (Å²) < 4.78 is 1.07. The summed E-state index contributed by atoms with van der Waals surface area (Å²) in [5.41, 5.74) is 0.151. The van der Waals surface area contributed by atoms with E-state index in [9.17, 15) is 14.4 Å².